The molecule has 3 rings (SSSR count). The number of rotatable bonds is 4. The molecule has 1 aliphatic heterocycles. The van der Waals surface area contributed by atoms with Crippen LogP contribution in [0.5, 0.6) is 0 Å². The van der Waals surface area contributed by atoms with E-state index in [0.29, 0.717) is 24.1 Å². The molecule has 1 aliphatic rings. The van der Waals surface area contributed by atoms with Gasteiger partial charge in [0.1, 0.15) is 12.4 Å². The Balaban J connectivity index is 1.76. The van der Waals surface area contributed by atoms with Crippen LogP contribution in [0.15, 0.2) is 24.4 Å². The van der Waals surface area contributed by atoms with E-state index in [4.69, 9.17) is 0 Å². The minimum absolute atomic E-state index is 0.0181. The first-order chi connectivity index (χ1) is 11.8. The molecule has 0 spiro atoms. The average Bonchev–Trinajstić information content (AvgIpc) is 2.55. The average molecular weight is 351 g/mol. The highest BCUT2D eigenvalue weighted by atomic mass is 19.4. The van der Waals surface area contributed by atoms with Crippen molar-refractivity contribution in [3.63, 3.8) is 0 Å². The number of nitrogens with zero attached hydrogens (tertiary/aromatic N) is 2. The summed E-state index contributed by atoms with van der Waals surface area (Å²) < 4.78 is 37.1. The summed E-state index contributed by atoms with van der Waals surface area (Å²) in [5.74, 6) is 0.297. The van der Waals surface area contributed by atoms with E-state index in [1.807, 2.05) is 6.07 Å². The summed E-state index contributed by atoms with van der Waals surface area (Å²) in [5, 5.41) is 8.03. The summed E-state index contributed by atoms with van der Waals surface area (Å²) >= 11 is 0. The number of aromatic nitrogens is 2. The van der Waals surface area contributed by atoms with Crippen LogP contribution >= 0.6 is 0 Å². The highest BCUT2D eigenvalue weighted by Gasteiger charge is 2.27. The van der Waals surface area contributed by atoms with Gasteiger partial charge in [-0.3, -0.25) is 4.79 Å². The first-order valence-electron chi connectivity index (χ1n) is 7.64. The number of carbonyl (C=O) groups excluding carboxylic acids is 1. The Morgan fingerprint density at radius 2 is 2.08 bits per heavy atom. The van der Waals surface area contributed by atoms with Crippen LogP contribution in [-0.2, 0) is 11.2 Å². The maximum absolute atomic E-state index is 12.4. The molecule has 1 aromatic carbocycles. The Labute approximate surface area is 141 Å². The molecule has 6 nitrogen and oxygen atoms in total. The van der Waals surface area contributed by atoms with Crippen LogP contribution in [0.25, 0.3) is 0 Å². The zero-order valence-electron chi connectivity index (χ0n) is 13.4. The lowest BCUT2D eigenvalue weighted by atomic mass is 10.0. The summed E-state index contributed by atoms with van der Waals surface area (Å²) in [6.45, 7) is 0.465. The number of halogens is 3. The van der Waals surface area contributed by atoms with Crippen LogP contribution in [-0.4, -0.2) is 28.6 Å². The molecule has 2 aromatic rings. The summed E-state index contributed by atoms with van der Waals surface area (Å²) in [5.41, 5.74) is 2.95. The molecule has 25 heavy (non-hydrogen) atoms. The molecule has 2 heterocycles. The third-order valence-electron chi connectivity index (χ3n) is 3.68. The van der Waals surface area contributed by atoms with E-state index in [1.165, 1.54) is 6.20 Å². The highest BCUT2D eigenvalue weighted by molar-refractivity contribution is 5.94. The lowest BCUT2D eigenvalue weighted by Gasteiger charge is -2.18. The molecular weight excluding hydrogens is 335 g/mol. The van der Waals surface area contributed by atoms with E-state index < -0.39 is 12.7 Å². The molecule has 9 heteroatoms. The number of fused-ring (bicyclic) bond motifs is 1. The Hall–Kier alpha value is -2.84. The van der Waals surface area contributed by atoms with Crippen molar-refractivity contribution < 1.29 is 18.0 Å². The van der Waals surface area contributed by atoms with Gasteiger partial charge >= 0.3 is 6.18 Å². The highest BCUT2D eigenvalue weighted by Crippen LogP contribution is 2.27. The van der Waals surface area contributed by atoms with Crippen molar-refractivity contribution in [2.75, 3.05) is 22.5 Å². The topological polar surface area (TPSA) is 78.9 Å². The predicted molar refractivity (Wildman–Crippen MR) is 88.0 cm³/mol. The lowest BCUT2D eigenvalue weighted by Crippen LogP contribution is -2.22. The van der Waals surface area contributed by atoms with Gasteiger partial charge in [0.05, 0.1) is 0 Å². The van der Waals surface area contributed by atoms with Gasteiger partial charge in [0.2, 0.25) is 11.9 Å². The van der Waals surface area contributed by atoms with Gasteiger partial charge in [0.25, 0.3) is 0 Å². The maximum Gasteiger partial charge on any atom is 0.405 e. The van der Waals surface area contributed by atoms with Gasteiger partial charge in [-0.15, -0.1) is 0 Å². The van der Waals surface area contributed by atoms with Crippen molar-refractivity contribution >= 4 is 29.0 Å². The SMILES string of the molecule is Cc1cnc(Nc2ccc3c(c2)CCC(=O)N3)nc1NCC(F)(F)F. The van der Waals surface area contributed by atoms with E-state index in [1.54, 1.807) is 19.1 Å². The number of carbonyl (C=O) groups is 1. The van der Waals surface area contributed by atoms with Crippen LogP contribution in [0.4, 0.5) is 36.3 Å². The second-order valence-electron chi connectivity index (χ2n) is 5.74. The van der Waals surface area contributed by atoms with E-state index in [9.17, 15) is 18.0 Å². The zero-order valence-corrected chi connectivity index (χ0v) is 13.4. The first-order valence-corrected chi connectivity index (χ1v) is 7.64. The minimum Gasteiger partial charge on any atom is -0.361 e. The summed E-state index contributed by atoms with van der Waals surface area (Å²) in [7, 11) is 0. The zero-order chi connectivity index (χ0) is 18.0. The monoisotopic (exact) mass is 351 g/mol. The fraction of sp³-hybridized carbons (Fsp3) is 0.312. The molecule has 0 atom stereocenters. The second kappa shape index (κ2) is 6.58. The molecule has 132 valence electrons. The standard InChI is InChI=1S/C16H16F3N5O/c1-9-7-20-15(24-14(9)21-8-16(17,18)19)22-11-3-4-12-10(6-11)2-5-13(25)23-12/h3-4,6-7H,2,5,8H2,1H3,(H,23,25)(H2,20,21,22,24). The fourth-order valence-corrected chi connectivity index (χ4v) is 2.46. The van der Waals surface area contributed by atoms with Crippen molar-refractivity contribution in [1.82, 2.24) is 9.97 Å². The van der Waals surface area contributed by atoms with Crippen LogP contribution < -0.4 is 16.0 Å². The Bertz CT molecular complexity index is 807. The lowest BCUT2D eigenvalue weighted by molar-refractivity contribution is -0.116. The van der Waals surface area contributed by atoms with Gasteiger partial charge < -0.3 is 16.0 Å². The van der Waals surface area contributed by atoms with Gasteiger partial charge in [-0.25, -0.2) is 4.98 Å². The molecular formula is C16H16F3N5O. The van der Waals surface area contributed by atoms with Crippen molar-refractivity contribution in [3.8, 4) is 0 Å². The quantitative estimate of drug-likeness (QED) is 0.787. The molecule has 0 radical (unpaired) electrons. The number of hydrogen-bond donors (Lipinski definition) is 3. The van der Waals surface area contributed by atoms with E-state index >= 15 is 0 Å². The predicted octanol–water partition coefficient (Wildman–Crippen LogP) is 3.39. The summed E-state index contributed by atoms with van der Waals surface area (Å²) in [4.78, 5) is 19.6. The number of nitrogens with one attached hydrogen (secondary N) is 3. The normalized spacial score (nSPS) is 13.8. The molecule has 0 unspecified atom stereocenters. The maximum atomic E-state index is 12.4. The van der Waals surface area contributed by atoms with Crippen molar-refractivity contribution in [3.05, 3.63) is 35.5 Å². The Morgan fingerprint density at radius 3 is 2.84 bits per heavy atom. The molecule has 1 aromatic heterocycles. The molecule has 0 bridgehead atoms. The van der Waals surface area contributed by atoms with Gasteiger partial charge in [0, 0.05) is 29.6 Å². The fourth-order valence-electron chi connectivity index (χ4n) is 2.46. The molecule has 1 amide bonds. The number of aryl methyl sites for hydroxylation is 2. The summed E-state index contributed by atoms with van der Waals surface area (Å²) in [6.07, 6.45) is -1.83. The van der Waals surface area contributed by atoms with E-state index in [2.05, 4.69) is 25.9 Å². The minimum atomic E-state index is -4.33. The van der Waals surface area contributed by atoms with Crippen molar-refractivity contribution in [1.29, 1.82) is 0 Å². The Morgan fingerprint density at radius 1 is 1.28 bits per heavy atom. The van der Waals surface area contributed by atoms with Gasteiger partial charge in [-0.2, -0.15) is 18.2 Å². The van der Waals surface area contributed by atoms with Gasteiger partial charge in [-0.05, 0) is 37.1 Å². The molecule has 0 fully saturated rings. The third kappa shape index (κ3) is 4.37. The second-order valence-corrected chi connectivity index (χ2v) is 5.74. The van der Waals surface area contributed by atoms with Crippen LogP contribution in [0.3, 0.4) is 0 Å². The summed E-state index contributed by atoms with van der Waals surface area (Å²) in [6, 6.07) is 5.38. The number of amides is 1. The van der Waals surface area contributed by atoms with E-state index in [0.717, 1.165) is 11.3 Å². The van der Waals surface area contributed by atoms with Gasteiger partial charge in [0.15, 0.2) is 0 Å². The number of alkyl halides is 3. The molecule has 0 aliphatic carbocycles. The largest absolute Gasteiger partial charge is 0.405 e. The van der Waals surface area contributed by atoms with Crippen molar-refractivity contribution in [2.24, 2.45) is 0 Å². The first kappa shape index (κ1) is 17.0. The number of hydrogen-bond acceptors (Lipinski definition) is 5. The molecule has 0 saturated heterocycles. The van der Waals surface area contributed by atoms with Gasteiger partial charge in [-0.1, -0.05) is 0 Å². The Kier molecular flexibility index (Phi) is 4.47. The van der Waals surface area contributed by atoms with Crippen molar-refractivity contribution in [2.45, 2.75) is 25.9 Å². The smallest absolute Gasteiger partial charge is 0.361 e. The van der Waals surface area contributed by atoms with Crippen LogP contribution in [0, 0.1) is 6.92 Å². The number of anilines is 4. The van der Waals surface area contributed by atoms with Crippen LogP contribution in [0.1, 0.15) is 17.5 Å². The third-order valence-corrected chi connectivity index (χ3v) is 3.68. The molecule has 3 N–H and O–H groups in total. The number of benzene rings is 1. The van der Waals surface area contributed by atoms with E-state index in [-0.39, 0.29) is 17.7 Å². The molecule has 0 saturated carbocycles. The van der Waals surface area contributed by atoms with Crippen LogP contribution in [0.2, 0.25) is 0 Å².